The van der Waals surface area contributed by atoms with E-state index in [4.69, 9.17) is 9.47 Å². The molecule has 3 aromatic carbocycles. The van der Waals surface area contributed by atoms with Gasteiger partial charge in [-0.3, -0.25) is 9.10 Å². The summed E-state index contributed by atoms with van der Waals surface area (Å²) in [6.07, 6.45) is 0. The quantitative estimate of drug-likeness (QED) is 0.457. The van der Waals surface area contributed by atoms with Crippen molar-refractivity contribution in [2.24, 2.45) is 0 Å². The first-order chi connectivity index (χ1) is 16.1. The first-order valence-electron chi connectivity index (χ1n) is 10.5. The number of aryl methyl sites for hydroxylation is 1. The number of likely N-dealkylation sites (N-methyl/N-ethyl adjacent to an activating group) is 1. The molecule has 7 nitrogen and oxygen atoms in total. The number of amides is 1. The highest BCUT2D eigenvalue weighted by atomic mass is 32.2. The number of carbonyl (C=O) groups excluding carboxylic acids is 1. The van der Waals surface area contributed by atoms with Gasteiger partial charge in [-0.2, -0.15) is 0 Å². The highest BCUT2D eigenvalue weighted by molar-refractivity contribution is 7.92. The minimum Gasteiger partial charge on any atom is -0.493 e. The van der Waals surface area contributed by atoms with Gasteiger partial charge in [0.1, 0.15) is 12.4 Å². The van der Waals surface area contributed by atoms with Crippen molar-refractivity contribution in [3.63, 3.8) is 0 Å². The van der Waals surface area contributed by atoms with Crippen LogP contribution in [0.1, 0.15) is 11.1 Å². The van der Waals surface area contributed by atoms with Gasteiger partial charge in [0.2, 0.25) is 5.91 Å². The lowest BCUT2D eigenvalue weighted by Gasteiger charge is -2.27. The lowest BCUT2D eigenvalue weighted by molar-refractivity contribution is -0.128. The highest BCUT2D eigenvalue weighted by Gasteiger charge is 2.28. The SMILES string of the molecule is COc1ccc(CN(C)C(=O)CN(c2ccc(F)cc2)S(=O)(=O)c2ccc(C)cc2)cc1OC. The van der Waals surface area contributed by atoms with Crippen molar-refractivity contribution in [3.8, 4) is 11.5 Å². The molecule has 0 aromatic heterocycles. The van der Waals surface area contributed by atoms with Gasteiger partial charge in [0, 0.05) is 13.6 Å². The van der Waals surface area contributed by atoms with Gasteiger partial charge in [-0.05, 0) is 61.0 Å². The number of halogens is 1. The van der Waals surface area contributed by atoms with Crippen LogP contribution >= 0.6 is 0 Å². The molecule has 0 atom stereocenters. The smallest absolute Gasteiger partial charge is 0.264 e. The summed E-state index contributed by atoms with van der Waals surface area (Å²) in [5.41, 5.74) is 1.87. The monoisotopic (exact) mass is 486 g/mol. The Morgan fingerprint density at radius 1 is 0.912 bits per heavy atom. The number of hydrogen-bond donors (Lipinski definition) is 0. The Labute approximate surface area is 199 Å². The molecular weight excluding hydrogens is 459 g/mol. The molecule has 0 aliphatic carbocycles. The Kier molecular flexibility index (Phi) is 7.78. The number of rotatable bonds is 9. The zero-order valence-corrected chi connectivity index (χ0v) is 20.3. The molecule has 9 heteroatoms. The standard InChI is InChI=1S/C25H27FN2O5S/c1-18-5-12-22(13-6-18)34(30,31)28(21-10-8-20(26)9-11-21)17-25(29)27(2)16-19-7-14-23(32-3)24(15-19)33-4/h5-15H,16-17H2,1-4H3. The zero-order chi connectivity index (χ0) is 24.9. The molecule has 0 saturated heterocycles. The fourth-order valence-corrected chi connectivity index (χ4v) is 4.76. The summed E-state index contributed by atoms with van der Waals surface area (Å²) in [5, 5.41) is 0. The summed E-state index contributed by atoms with van der Waals surface area (Å²) in [7, 11) is 0.560. The van der Waals surface area contributed by atoms with Crippen molar-refractivity contribution in [2.45, 2.75) is 18.4 Å². The second-order valence-electron chi connectivity index (χ2n) is 7.74. The van der Waals surface area contributed by atoms with Crippen molar-refractivity contribution in [2.75, 3.05) is 32.1 Å². The fraction of sp³-hybridized carbons (Fsp3) is 0.240. The van der Waals surface area contributed by atoms with Gasteiger partial charge in [-0.15, -0.1) is 0 Å². The number of ether oxygens (including phenoxy) is 2. The van der Waals surface area contributed by atoms with Gasteiger partial charge >= 0.3 is 0 Å². The first-order valence-corrected chi connectivity index (χ1v) is 11.9. The molecule has 0 spiro atoms. The molecule has 0 heterocycles. The van der Waals surface area contributed by atoms with Crippen LogP contribution in [0.4, 0.5) is 10.1 Å². The largest absolute Gasteiger partial charge is 0.493 e. The highest BCUT2D eigenvalue weighted by Crippen LogP contribution is 2.28. The van der Waals surface area contributed by atoms with Gasteiger partial charge in [-0.1, -0.05) is 23.8 Å². The Hall–Kier alpha value is -3.59. The number of sulfonamides is 1. The van der Waals surface area contributed by atoms with Crippen LogP contribution in [0.15, 0.2) is 71.6 Å². The predicted molar refractivity (Wildman–Crippen MR) is 128 cm³/mol. The Morgan fingerprint density at radius 2 is 1.53 bits per heavy atom. The second-order valence-corrected chi connectivity index (χ2v) is 9.60. The molecule has 0 saturated carbocycles. The maximum atomic E-state index is 13.5. The zero-order valence-electron chi connectivity index (χ0n) is 19.5. The first kappa shape index (κ1) is 25.0. The van der Waals surface area contributed by atoms with Crippen molar-refractivity contribution < 1.29 is 27.1 Å². The molecular formula is C25H27FN2O5S. The van der Waals surface area contributed by atoms with E-state index in [-0.39, 0.29) is 17.1 Å². The van der Waals surface area contributed by atoms with Crippen molar-refractivity contribution in [1.82, 2.24) is 4.90 Å². The van der Waals surface area contributed by atoms with Gasteiger partial charge < -0.3 is 14.4 Å². The summed E-state index contributed by atoms with van der Waals surface area (Å²) in [6, 6.07) is 16.6. The van der Waals surface area contributed by atoms with E-state index >= 15 is 0 Å². The molecule has 0 bridgehead atoms. The van der Waals surface area contributed by atoms with E-state index in [1.807, 2.05) is 6.92 Å². The van der Waals surface area contributed by atoms with E-state index in [1.165, 1.54) is 43.4 Å². The Bertz CT molecular complexity index is 1250. The van der Waals surface area contributed by atoms with Crippen LogP contribution in [-0.4, -0.2) is 47.0 Å². The minimum atomic E-state index is -4.08. The molecule has 3 aromatic rings. The maximum absolute atomic E-state index is 13.5. The number of benzene rings is 3. The topological polar surface area (TPSA) is 76.2 Å². The molecule has 0 fully saturated rings. The fourth-order valence-electron chi connectivity index (χ4n) is 3.34. The van der Waals surface area contributed by atoms with Crippen molar-refractivity contribution in [3.05, 3.63) is 83.7 Å². The average Bonchev–Trinajstić information content (AvgIpc) is 2.83. The number of nitrogens with zero attached hydrogens (tertiary/aromatic N) is 2. The van der Waals surface area contributed by atoms with Crippen LogP contribution in [0.5, 0.6) is 11.5 Å². The molecule has 0 N–H and O–H groups in total. The van der Waals surface area contributed by atoms with E-state index in [1.54, 1.807) is 37.4 Å². The van der Waals surface area contributed by atoms with E-state index in [9.17, 15) is 17.6 Å². The van der Waals surface area contributed by atoms with E-state index < -0.39 is 28.3 Å². The molecule has 0 aliphatic rings. The van der Waals surface area contributed by atoms with Gasteiger partial charge in [0.15, 0.2) is 11.5 Å². The van der Waals surface area contributed by atoms with Crippen LogP contribution in [-0.2, 0) is 21.4 Å². The molecule has 0 radical (unpaired) electrons. The molecule has 3 rings (SSSR count). The predicted octanol–water partition coefficient (Wildman–Crippen LogP) is 4.01. The lowest BCUT2D eigenvalue weighted by atomic mass is 10.2. The molecule has 0 unspecified atom stereocenters. The van der Waals surface area contributed by atoms with E-state index in [0.29, 0.717) is 11.5 Å². The van der Waals surface area contributed by atoms with Crippen LogP contribution in [0, 0.1) is 12.7 Å². The van der Waals surface area contributed by atoms with Gasteiger partial charge in [-0.25, -0.2) is 12.8 Å². The summed E-state index contributed by atoms with van der Waals surface area (Å²) < 4.78 is 51.9. The summed E-state index contributed by atoms with van der Waals surface area (Å²) in [6.45, 7) is 1.62. The van der Waals surface area contributed by atoms with E-state index in [2.05, 4.69) is 0 Å². The van der Waals surface area contributed by atoms with Crippen LogP contribution < -0.4 is 13.8 Å². The summed E-state index contributed by atoms with van der Waals surface area (Å²) >= 11 is 0. The Balaban J connectivity index is 1.88. The van der Waals surface area contributed by atoms with Gasteiger partial charge in [0.25, 0.3) is 10.0 Å². The summed E-state index contributed by atoms with van der Waals surface area (Å²) in [4.78, 5) is 14.6. The third-order valence-corrected chi connectivity index (χ3v) is 7.08. The van der Waals surface area contributed by atoms with Gasteiger partial charge in [0.05, 0.1) is 24.8 Å². The third kappa shape index (κ3) is 5.66. The normalized spacial score (nSPS) is 11.1. The Morgan fingerprint density at radius 3 is 2.12 bits per heavy atom. The van der Waals surface area contributed by atoms with Crippen LogP contribution in [0.2, 0.25) is 0 Å². The van der Waals surface area contributed by atoms with Crippen molar-refractivity contribution in [1.29, 1.82) is 0 Å². The third-order valence-electron chi connectivity index (χ3n) is 5.30. The number of methoxy groups -OCH3 is 2. The molecule has 34 heavy (non-hydrogen) atoms. The number of hydrogen-bond acceptors (Lipinski definition) is 5. The number of carbonyl (C=O) groups is 1. The minimum absolute atomic E-state index is 0.0396. The summed E-state index contributed by atoms with van der Waals surface area (Å²) in [5.74, 6) is 0.144. The maximum Gasteiger partial charge on any atom is 0.264 e. The molecule has 1 amide bonds. The van der Waals surface area contributed by atoms with Crippen molar-refractivity contribution >= 4 is 21.6 Å². The van der Waals surface area contributed by atoms with Crippen LogP contribution in [0.25, 0.3) is 0 Å². The van der Waals surface area contributed by atoms with Crippen LogP contribution in [0.3, 0.4) is 0 Å². The lowest BCUT2D eigenvalue weighted by Crippen LogP contribution is -2.41. The van der Waals surface area contributed by atoms with E-state index in [0.717, 1.165) is 27.6 Å². The second kappa shape index (κ2) is 10.6. The molecule has 180 valence electrons. The average molecular weight is 487 g/mol. The molecule has 0 aliphatic heterocycles. The number of anilines is 1.